The minimum Gasteiger partial charge on any atom is -0.489 e. The highest BCUT2D eigenvalue weighted by Gasteiger charge is 2.31. The topological polar surface area (TPSA) is 70.7 Å². The molecule has 6 nitrogen and oxygen atoms in total. The van der Waals surface area contributed by atoms with Crippen molar-refractivity contribution < 1.29 is 14.3 Å². The normalized spacial score (nSPS) is 16.7. The van der Waals surface area contributed by atoms with Gasteiger partial charge in [-0.3, -0.25) is 4.79 Å². The van der Waals surface area contributed by atoms with E-state index in [1.165, 1.54) is 0 Å². The summed E-state index contributed by atoms with van der Waals surface area (Å²) in [4.78, 5) is 25.1. The first-order valence-corrected chi connectivity index (χ1v) is 8.76. The first-order chi connectivity index (χ1) is 12.0. The Morgan fingerprint density at radius 3 is 2.68 bits per heavy atom. The summed E-state index contributed by atoms with van der Waals surface area (Å²) in [5.41, 5.74) is 1.67. The maximum absolute atomic E-state index is 12.3. The van der Waals surface area contributed by atoms with Crippen molar-refractivity contribution in [2.24, 2.45) is 5.92 Å². The Morgan fingerprint density at radius 1 is 1.40 bits per heavy atom. The molecule has 0 fully saturated rings. The van der Waals surface area contributed by atoms with Gasteiger partial charge < -0.3 is 25.1 Å². The lowest BCUT2D eigenvalue weighted by atomic mass is 9.95. The monoisotopic (exact) mass is 349 g/mol. The lowest BCUT2D eigenvalue weighted by molar-refractivity contribution is -0.126. The van der Waals surface area contributed by atoms with Crippen molar-refractivity contribution in [2.45, 2.75) is 32.2 Å². The van der Waals surface area contributed by atoms with Gasteiger partial charge in [-0.1, -0.05) is 20.1 Å². The molecule has 0 aromatic heterocycles. The zero-order chi connectivity index (χ0) is 18.8. The zero-order valence-electron chi connectivity index (χ0n) is 15.6. The van der Waals surface area contributed by atoms with Crippen LogP contribution in [0.1, 0.15) is 26.2 Å². The quantitative estimate of drug-likeness (QED) is 0.555. The number of hydrogen-bond acceptors (Lipinski definition) is 5. The molecule has 0 aliphatic carbocycles. The maximum Gasteiger partial charge on any atom is 0.242 e. The van der Waals surface area contributed by atoms with E-state index in [9.17, 15) is 9.59 Å². The van der Waals surface area contributed by atoms with E-state index in [2.05, 4.69) is 30.7 Å². The lowest BCUT2D eigenvalue weighted by Gasteiger charge is -2.38. The summed E-state index contributed by atoms with van der Waals surface area (Å²) in [6.45, 7) is 12.2. The van der Waals surface area contributed by atoms with Crippen LogP contribution in [0.4, 0.5) is 0 Å². The molecule has 2 atom stereocenters. The molecule has 0 saturated carbocycles. The van der Waals surface area contributed by atoms with Crippen LogP contribution in [0.3, 0.4) is 0 Å². The van der Waals surface area contributed by atoms with Gasteiger partial charge in [0.05, 0.1) is 12.2 Å². The smallest absolute Gasteiger partial charge is 0.242 e. The first-order valence-electron chi connectivity index (χ1n) is 8.76. The average Bonchev–Trinajstić information content (AvgIpc) is 2.64. The molecule has 1 amide bonds. The minimum atomic E-state index is -0.428. The van der Waals surface area contributed by atoms with E-state index in [1.807, 2.05) is 11.9 Å². The number of nitrogens with one attached hydrogen (secondary N) is 2. The predicted octanol–water partition coefficient (Wildman–Crippen LogP) is 1.61. The Kier molecular flexibility index (Phi) is 8.99. The number of carbonyl (C=O) groups is 2. The van der Waals surface area contributed by atoms with Crippen molar-refractivity contribution in [2.75, 3.05) is 33.8 Å². The lowest BCUT2D eigenvalue weighted by Crippen LogP contribution is -2.48. The fraction of sp³-hybridized carbons (Fsp3) is 0.579. The second-order valence-corrected chi connectivity index (χ2v) is 6.15. The summed E-state index contributed by atoms with van der Waals surface area (Å²) in [5, 5.41) is 5.83. The van der Waals surface area contributed by atoms with Gasteiger partial charge in [0.15, 0.2) is 0 Å². The SMILES string of the molecule is C=CC1=C(C(=C)C(C)CCNC)OCCN1C(CCC=O)C(=O)NC. The van der Waals surface area contributed by atoms with Crippen molar-refractivity contribution >= 4 is 12.2 Å². The summed E-state index contributed by atoms with van der Waals surface area (Å²) in [7, 11) is 3.53. The number of ether oxygens (including phenoxy) is 1. The van der Waals surface area contributed by atoms with E-state index in [-0.39, 0.29) is 11.8 Å². The van der Waals surface area contributed by atoms with Crippen LogP contribution in [0.15, 0.2) is 36.3 Å². The number of rotatable bonds is 11. The van der Waals surface area contributed by atoms with E-state index in [0.29, 0.717) is 31.8 Å². The Morgan fingerprint density at radius 2 is 2.12 bits per heavy atom. The molecule has 1 heterocycles. The molecular weight excluding hydrogens is 318 g/mol. The third-order valence-electron chi connectivity index (χ3n) is 4.51. The fourth-order valence-corrected chi connectivity index (χ4v) is 2.94. The standard InChI is InChI=1S/C19H31N3O3/c1-6-16-18(15(3)14(2)9-10-20-4)25-13-11-22(16)17(8-7-12-23)19(24)21-5/h6,12,14,17,20H,1,3,7-11,13H2,2,4-5H3,(H,21,24). The molecule has 1 rings (SSSR count). The molecule has 2 N–H and O–H groups in total. The third-order valence-corrected chi connectivity index (χ3v) is 4.51. The number of amides is 1. The van der Waals surface area contributed by atoms with Gasteiger partial charge in [0.25, 0.3) is 0 Å². The Balaban J connectivity index is 3.13. The van der Waals surface area contributed by atoms with Gasteiger partial charge in [0.2, 0.25) is 5.91 Å². The second kappa shape index (κ2) is 10.7. The number of aldehydes is 1. The van der Waals surface area contributed by atoms with Crippen LogP contribution in [0.25, 0.3) is 0 Å². The van der Waals surface area contributed by atoms with Gasteiger partial charge in [0.1, 0.15) is 24.7 Å². The maximum atomic E-state index is 12.3. The molecule has 6 heteroatoms. The van der Waals surface area contributed by atoms with Crippen LogP contribution >= 0.6 is 0 Å². The molecule has 140 valence electrons. The van der Waals surface area contributed by atoms with Gasteiger partial charge in [-0.2, -0.15) is 0 Å². The number of allylic oxidation sites excluding steroid dienone is 2. The van der Waals surface area contributed by atoms with E-state index in [1.54, 1.807) is 13.1 Å². The highest BCUT2D eigenvalue weighted by Crippen LogP contribution is 2.31. The molecule has 0 aromatic carbocycles. The molecule has 0 spiro atoms. The summed E-state index contributed by atoms with van der Waals surface area (Å²) < 4.78 is 5.89. The summed E-state index contributed by atoms with van der Waals surface area (Å²) in [5.74, 6) is 0.826. The van der Waals surface area contributed by atoms with Crippen LogP contribution in [-0.2, 0) is 14.3 Å². The van der Waals surface area contributed by atoms with E-state index >= 15 is 0 Å². The number of carbonyl (C=O) groups excluding carboxylic acids is 2. The molecule has 1 aliphatic rings. The molecule has 0 bridgehead atoms. The van der Waals surface area contributed by atoms with Crippen LogP contribution in [-0.4, -0.2) is 56.9 Å². The van der Waals surface area contributed by atoms with E-state index < -0.39 is 6.04 Å². The van der Waals surface area contributed by atoms with Crippen molar-refractivity contribution in [3.63, 3.8) is 0 Å². The fourth-order valence-electron chi connectivity index (χ4n) is 2.94. The van der Waals surface area contributed by atoms with Crippen molar-refractivity contribution in [3.8, 4) is 0 Å². The molecule has 1 aliphatic heterocycles. The Bertz CT molecular complexity index is 528. The number of nitrogens with zero attached hydrogens (tertiary/aromatic N) is 1. The molecule has 0 radical (unpaired) electrons. The van der Waals surface area contributed by atoms with Gasteiger partial charge in [-0.15, -0.1) is 0 Å². The van der Waals surface area contributed by atoms with Crippen LogP contribution < -0.4 is 10.6 Å². The number of likely N-dealkylation sites (N-methyl/N-ethyl adjacent to an activating group) is 1. The van der Waals surface area contributed by atoms with Crippen molar-refractivity contribution in [1.29, 1.82) is 0 Å². The van der Waals surface area contributed by atoms with E-state index in [0.717, 1.165) is 30.5 Å². The van der Waals surface area contributed by atoms with Crippen LogP contribution in [0.2, 0.25) is 0 Å². The minimum absolute atomic E-state index is 0.115. The average molecular weight is 349 g/mol. The molecular formula is C19H31N3O3. The molecule has 0 saturated heterocycles. The Labute approximate surface area is 151 Å². The summed E-state index contributed by atoms with van der Waals surface area (Å²) in [6, 6.07) is -0.428. The highest BCUT2D eigenvalue weighted by atomic mass is 16.5. The first kappa shape index (κ1) is 21.0. The summed E-state index contributed by atoms with van der Waals surface area (Å²) >= 11 is 0. The van der Waals surface area contributed by atoms with Gasteiger partial charge >= 0.3 is 0 Å². The molecule has 2 unspecified atom stereocenters. The Hall–Kier alpha value is -2.08. The van der Waals surface area contributed by atoms with Gasteiger partial charge in [-0.25, -0.2) is 0 Å². The van der Waals surface area contributed by atoms with E-state index in [4.69, 9.17) is 4.74 Å². The third kappa shape index (κ3) is 5.46. The molecule has 25 heavy (non-hydrogen) atoms. The van der Waals surface area contributed by atoms with Crippen LogP contribution in [0.5, 0.6) is 0 Å². The second-order valence-electron chi connectivity index (χ2n) is 6.15. The highest BCUT2D eigenvalue weighted by molar-refractivity contribution is 5.82. The van der Waals surface area contributed by atoms with Crippen molar-refractivity contribution in [3.05, 3.63) is 36.3 Å². The number of hydrogen-bond donors (Lipinski definition) is 2. The van der Waals surface area contributed by atoms with Gasteiger partial charge in [-0.05, 0) is 44.0 Å². The predicted molar refractivity (Wildman–Crippen MR) is 99.9 cm³/mol. The van der Waals surface area contributed by atoms with Crippen LogP contribution in [0, 0.1) is 5.92 Å². The summed E-state index contributed by atoms with van der Waals surface area (Å²) in [6.07, 6.45) is 4.27. The molecule has 0 aromatic rings. The zero-order valence-corrected chi connectivity index (χ0v) is 15.6. The van der Waals surface area contributed by atoms with Crippen molar-refractivity contribution in [1.82, 2.24) is 15.5 Å². The van der Waals surface area contributed by atoms with Gasteiger partial charge in [0, 0.05) is 13.5 Å². The largest absolute Gasteiger partial charge is 0.489 e.